The molecule has 0 aliphatic heterocycles. The Kier molecular flexibility index (Phi) is 5.49. The third kappa shape index (κ3) is 3.61. The molecule has 0 atom stereocenters. The summed E-state index contributed by atoms with van der Waals surface area (Å²) in [6.45, 7) is 9.64. The van der Waals surface area contributed by atoms with Crippen molar-refractivity contribution in [3.05, 3.63) is 22.4 Å². The standard InChI is InChI=1S/C17H29PS/c1-14(2)12-18(13-15(3)4)17(9-5-6-10-17)16-8-7-11-19-16/h7-8,11,14-15H,5-6,9-10,12-13H2,1-4H3. The lowest BCUT2D eigenvalue weighted by molar-refractivity contribution is 0.619. The third-order valence-corrected chi connectivity index (χ3v) is 9.65. The van der Waals surface area contributed by atoms with E-state index in [0.29, 0.717) is 5.16 Å². The summed E-state index contributed by atoms with van der Waals surface area (Å²) in [4.78, 5) is 1.71. The Morgan fingerprint density at radius 3 is 2.11 bits per heavy atom. The lowest BCUT2D eigenvalue weighted by atomic mass is 10.1. The molecule has 1 aliphatic carbocycles. The lowest BCUT2D eigenvalue weighted by Gasteiger charge is -2.40. The molecule has 1 aromatic rings. The molecule has 0 bridgehead atoms. The van der Waals surface area contributed by atoms with Crippen LogP contribution < -0.4 is 0 Å². The van der Waals surface area contributed by atoms with Gasteiger partial charge in [0, 0.05) is 10.0 Å². The van der Waals surface area contributed by atoms with E-state index in [4.69, 9.17) is 0 Å². The summed E-state index contributed by atoms with van der Waals surface area (Å²) in [5, 5.41) is 2.87. The first kappa shape index (κ1) is 15.5. The van der Waals surface area contributed by atoms with E-state index < -0.39 is 0 Å². The molecule has 1 aromatic heterocycles. The van der Waals surface area contributed by atoms with Gasteiger partial charge in [-0.3, -0.25) is 0 Å². The van der Waals surface area contributed by atoms with Gasteiger partial charge in [-0.25, -0.2) is 0 Å². The second-order valence-corrected chi connectivity index (χ2v) is 10.5. The van der Waals surface area contributed by atoms with Crippen LogP contribution in [0.3, 0.4) is 0 Å². The van der Waals surface area contributed by atoms with Gasteiger partial charge in [-0.15, -0.1) is 11.3 Å². The van der Waals surface area contributed by atoms with Gasteiger partial charge in [-0.1, -0.05) is 54.5 Å². The Bertz CT molecular complexity index is 351. The van der Waals surface area contributed by atoms with Gasteiger partial charge in [-0.2, -0.15) is 0 Å². The molecule has 0 radical (unpaired) electrons. The van der Waals surface area contributed by atoms with Gasteiger partial charge in [0.05, 0.1) is 0 Å². The van der Waals surface area contributed by atoms with E-state index in [2.05, 4.69) is 45.2 Å². The summed E-state index contributed by atoms with van der Waals surface area (Å²) in [6, 6.07) is 4.68. The molecule has 1 aliphatic rings. The van der Waals surface area contributed by atoms with Crippen molar-refractivity contribution in [2.75, 3.05) is 12.3 Å². The fourth-order valence-corrected chi connectivity index (χ4v) is 8.90. The fourth-order valence-electron chi connectivity index (χ4n) is 3.53. The minimum absolute atomic E-state index is 0.135. The molecule has 2 heteroatoms. The summed E-state index contributed by atoms with van der Waals surface area (Å²) in [7, 11) is 0.135. The average molecular weight is 296 g/mol. The highest BCUT2D eigenvalue weighted by atomic mass is 32.1. The van der Waals surface area contributed by atoms with Gasteiger partial charge < -0.3 is 0 Å². The smallest absolute Gasteiger partial charge is 0.0248 e. The third-order valence-electron chi connectivity index (χ3n) is 4.19. The highest BCUT2D eigenvalue weighted by Gasteiger charge is 2.43. The summed E-state index contributed by atoms with van der Waals surface area (Å²) >= 11 is 2.02. The van der Waals surface area contributed by atoms with Gasteiger partial charge in [0.1, 0.15) is 0 Å². The van der Waals surface area contributed by atoms with Gasteiger partial charge in [0.15, 0.2) is 0 Å². The average Bonchev–Trinajstić information content (AvgIpc) is 2.99. The minimum Gasteiger partial charge on any atom is -0.148 e. The van der Waals surface area contributed by atoms with Gasteiger partial charge in [0.2, 0.25) is 0 Å². The van der Waals surface area contributed by atoms with Crippen LogP contribution in [-0.4, -0.2) is 12.3 Å². The second-order valence-electron chi connectivity index (χ2n) is 6.91. The van der Waals surface area contributed by atoms with Gasteiger partial charge >= 0.3 is 0 Å². The first-order valence-corrected chi connectivity index (χ1v) is 10.4. The van der Waals surface area contributed by atoms with E-state index >= 15 is 0 Å². The zero-order valence-electron chi connectivity index (χ0n) is 13.0. The van der Waals surface area contributed by atoms with Crippen LogP contribution in [0.4, 0.5) is 0 Å². The number of thiophene rings is 1. The first-order chi connectivity index (χ1) is 9.04. The topological polar surface area (TPSA) is 0 Å². The quantitative estimate of drug-likeness (QED) is 0.539. The SMILES string of the molecule is CC(C)CP(CC(C)C)C1(c2cccs2)CCCC1. The largest absolute Gasteiger partial charge is 0.148 e. The van der Waals surface area contributed by atoms with E-state index in [9.17, 15) is 0 Å². The van der Waals surface area contributed by atoms with Crippen molar-refractivity contribution < 1.29 is 0 Å². The highest BCUT2D eigenvalue weighted by molar-refractivity contribution is 7.59. The zero-order valence-corrected chi connectivity index (χ0v) is 14.7. The number of rotatable bonds is 6. The molecular formula is C17H29PS. The Morgan fingerprint density at radius 1 is 1.11 bits per heavy atom. The molecule has 0 unspecified atom stereocenters. The molecule has 0 nitrogen and oxygen atoms in total. The summed E-state index contributed by atoms with van der Waals surface area (Å²) < 4.78 is 0. The van der Waals surface area contributed by atoms with Crippen molar-refractivity contribution in [1.82, 2.24) is 0 Å². The zero-order chi connectivity index (χ0) is 13.9. The molecule has 1 fully saturated rings. The van der Waals surface area contributed by atoms with E-state index in [0.717, 1.165) is 11.8 Å². The molecule has 1 heterocycles. The Morgan fingerprint density at radius 2 is 1.68 bits per heavy atom. The summed E-state index contributed by atoms with van der Waals surface area (Å²) in [5.74, 6) is 1.70. The van der Waals surface area contributed by atoms with E-state index in [-0.39, 0.29) is 7.92 Å². The fraction of sp³-hybridized carbons (Fsp3) is 0.765. The first-order valence-electron chi connectivity index (χ1n) is 7.83. The van der Waals surface area contributed by atoms with Crippen LogP contribution in [0, 0.1) is 11.8 Å². The van der Waals surface area contributed by atoms with Gasteiger partial charge in [0.25, 0.3) is 0 Å². The number of hydrogen-bond acceptors (Lipinski definition) is 1. The van der Waals surface area contributed by atoms with Crippen LogP contribution in [0.25, 0.3) is 0 Å². The molecule has 0 N–H and O–H groups in total. The van der Waals surface area contributed by atoms with Crippen molar-refractivity contribution in [3.63, 3.8) is 0 Å². The summed E-state index contributed by atoms with van der Waals surface area (Å²) in [5.41, 5.74) is 0. The second kappa shape index (κ2) is 6.72. The van der Waals surface area contributed by atoms with E-state index in [1.807, 2.05) is 11.3 Å². The maximum Gasteiger partial charge on any atom is 0.0248 e. The van der Waals surface area contributed by atoms with Crippen LogP contribution in [0.2, 0.25) is 0 Å². The van der Waals surface area contributed by atoms with Crippen molar-refractivity contribution in [1.29, 1.82) is 0 Å². The van der Waals surface area contributed by atoms with Crippen molar-refractivity contribution in [3.8, 4) is 0 Å². The van der Waals surface area contributed by atoms with E-state index in [1.165, 1.54) is 38.0 Å². The predicted octanol–water partition coefficient (Wildman–Crippen LogP) is 6.31. The molecule has 108 valence electrons. The number of hydrogen-bond donors (Lipinski definition) is 0. The van der Waals surface area contributed by atoms with Crippen molar-refractivity contribution in [2.24, 2.45) is 11.8 Å². The van der Waals surface area contributed by atoms with E-state index in [1.54, 1.807) is 4.88 Å². The predicted molar refractivity (Wildman–Crippen MR) is 90.8 cm³/mol. The van der Waals surface area contributed by atoms with Crippen LogP contribution >= 0.6 is 19.3 Å². The van der Waals surface area contributed by atoms with Crippen molar-refractivity contribution >= 4 is 19.3 Å². The molecule has 1 saturated carbocycles. The van der Waals surface area contributed by atoms with Crippen LogP contribution in [-0.2, 0) is 5.16 Å². The molecular weight excluding hydrogens is 267 g/mol. The lowest BCUT2D eigenvalue weighted by Crippen LogP contribution is -2.24. The Labute approximate surface area is 124 Å². The summed E-state index contributed by atoms with van der Waals surface area (Å²) in [6.07, 6.45) is 8.74. The Hall–Kier alpha value is 0.130. The molecule has 0 saturated heterocycles. The molecule has 0 aromatic carbocycles. The minimum atomic E-state index is 0.135. The maximum atomic E-state index is 2.42. The molecule has 2 rings (SSSR count). The van der Waals surface area contributed by atoms with Crippen LogP contribution in [0.15, 0.2) is 17.5 Å². The molecule has 0 spiro atoms. The van der Waals surface area contributed by atoms with Gasteiger partial charge in [-0.05, 0) is 48.4 Å². The van der Waals surface area contributed by atoms with Crippen LogP contribution in [0.1, 0.15) is 58.3 Å². The molecule has 19 heavy (non-hydrogen) atoms. The maximum absolute atomic E-state index is 2.42. The monoisotopic (exact) mass is 296 g/mol. The normalized spacial score (nSPS) is 18.9. The highest BCUT2D eigenvalue weighted by Crippen LogP contribution is 2.65. The van der Waals surface area contributed by atoms with Crippen molar-refractivity contribution in [2.45, 2.75) is 58.5 Å². The molecule has 0 amide bonds. The van der Waals surface area contributed by atoms with Crippen LogP contribution in [0.5, 0.6) is 0 Å². The Balaban J connectivity index is 2.28.